The predicted molar refractivity (Wildman–Crippen MR) is 106 cm³/mol. The molecule has 2 heterocycles. The SMILES string of the molecule is CCN(CC)S(=O)(=O)c1ccc2c(c1)ncn2CCC(=O)NCC1CCCO1. The van der Waals surface area contributed by atoms with Crippen molar-refractivity contribution in [3.8, 4) is 0 Å². The molecule has 3 rings (SSSR count). The Kier molecular flexibility index (Phi) is 6.69. The molecule has 1 aromatic heterocycles. The van der Waals surface area contributed by atoms with Gasteiger partial charge in [-0.05, 0) is 31.0 Å². The Bertz CT molecular complexity index is 915. The fraction of sp³-hybridized carbons (Fsp3) is 0.579. The Morgan fingerprint density at radius 2 is 2.14 bits per heavy atom. The van der Waals surface area contributed by atoms with E-state index in [2.05, 4.69) is 10.3 Å². The summed E-state index contributed by atoms with van der Waals surface area (Å²) in [4.78, 5) is 16.6. The fourth-order valence-corrected chi connectivity index (χ4v) is 4.92. The number of aryl methyl sites for hydroxylation is 1. The Labute approximate surface area is 165 Å². The van der Waals surface area contributed by atoms with Crippen molar-refractivity contribution in [2.24, 2.45) is 0 Å². The van der Waals surface area contributed by atoms with E-state index < -0.39 is 10.0 Å². The average molecular weight is 409 g/mol. The summed E-state index contributed by atoms with van der Waals surface area (Å²) in [7, 11) is -3.52. The summed E-state index contributed by atoms with van der Waals surface area (Å²) >= 11 is 0. The Morgan fingerprint density at radius 1 is 1.36 bits per heavy atom. The van der Waals surface area contributed by atoms with Crippen LogP contribution in [0.2, 0.25) is 0 Å². The second-order valence-electron chi connectivity index (χ2n) is 6.87. The van der Waals surface area contributed by atoms with E-state index in [1.807, 2.05) is 18.4 Å². The van der Waals surface area contributed by atoms with Crippen molar-refractivity contribution in [2.75, 3.05) is 26.2 Å². The van der Waals surface area contributed by atoms with Gasteiger partial charge in [0.1, 0.15) is 0 Å². The van der Waals surface area contributed by atoms with Crippen LogP contribution in [0.25, 0.3) is 11.0 Å². The van der Waals surface area contributed by atoms with Gasteiger partial charge in [-0.2, -0.15) is 4.31 Å². The van der Waals surface area contributed by atoms with Crippen LogP contribution >= 0.6 is 0 Å². The number of rotatable bonds is 9. The normalized spacial score (nSPS) is 17.5. The fourth-order valence-electron chi connectivity index (χ4n) is 3.44. The van der Waals surface area contributed by atoms with Crippen molar-refractivity contribution in [3.05, 3.63) is 24.5 Å². The molecule has 154 valence electrons. The van der Waals surface area contributed by atoms with Crippen molar-refractivity contribution < 1.29 is 17.9 Å². The van der Waals surface area contributed by atoms with Gasteiger partial charge in [-0.3, -0.25) is 4.79 Å². The molecular weight excluding hydrogens is 380 g/mol. The van der Waals surface area contributed by atoms with E-state index >= 15 is 0 Å². The van der Waals surface area contributed by atoms with E-state index in [0.717, 1.165) is 25.0 Å². The number of fused-ring (bicyclic) bond motifs is 1. The summed E-state index contributed by atoms with van der Waals surface area (Å²) in [6.07, 6.45) is 4.14. The first kappa shape index (κ1) is 20.8. The van der Waals surface area contributed by atoms with Crippen LogP contribution in [0.1, 0.15) is 33.1 Å². The highest BCUT2D eigenvalue weighted by molar-refractivity contribution is 7.89. The lowest BCUT2D eigenvalue weighted by atomic mass is 10.2. The standard InChI is InChI=1S/C19H28N4O4S/c1-3-23(4-2)28(25,26)16-7-8-18-17(12-16)21-14-22(18)10-9-19(24)20-13-15-6-5-11-27-15/h7-8,12,14-15H,3-6,9-11,13H2,1-2H3,(H,20,24). The first-order valence-electron chi connectivity index (χ1n) is 9.79. The van der Waals surface area contributed by atoms with Gasteiger partial charge in [-0.15, -0.1) is 0 Å². The summed E-state index contributed by atoms with van der Waals surface area (Å²) in [6.45, 7) is 6.29. The van der Waals surface area contributed by atoms with Gasteiger partial charge in [-0.1, -0.05) is 13.8 Å². The second kappa shape index (κ2) is 9.02. The first-order valence-corrected chi connectivity index (χ1v) is 11.2. The molecule has 2 aromatic rings. The number of aromatic nitrogens is 2. The number of ether oxygens (including phenoxy) is 1. The third kappa shape index (κ3) is 4.53. The number of carbonyl (C=O) groups is 1. The quantitative estimate of drug-likeness (QED) is 0.682. The lowest BCUT2D eigenvalue weighted by Crippen LogP contribution is -2.32. The van der Waals surface area contributed by atoms with E-state index in [4.69, 9.17) is 4.74 Å². The first-order chi connectivity index (χ1) is 13.5. The molecule has 1 unspecified atom stereocenters. The van der Waals surface area contributed by atoms with Gasteiger partial charge in [0.05, 0.1) is 28.4 Å². The molecule has 0 bridgehead atoms. The van der Waals surface area contributed by atoms with Crippen LogP contribution in [0.4, 0.5) is 0 Å². The van der Waals surface area contributed by atoms with Gasteiger partial charge in [0.2, 0.25) is 15.9 Å². The van der Waals surface area contributed by atoms with E-state index in [-0.39, 0.29) is 16.9 Å². The number of imidazole rings is 1. The van der Waals surface area contributed by atoms with Crippen LogP contribution < -0.4 is 5.32 Å². The minimum atomic E-state index is -3.52. The molecule has 1 aliphatic heterocycles. The Morgan fingerprint density at radius 3 is 2.82 bits per heavy atom. The van der Waals surface area contributed by atoms with Crippen LogP contribution in [0.3, 0.4) is 0 Å². The van der Waals surface area contributed by atoms with E-state index in [9.17, 15) is 13.2 Å². The summed E-state index contributed by atoms with van der Waals surface area (Å²) in [6, 6.07) is 4.95. The largest absolute Gasteiger partial charge is 0.376 e. The molecular formula is C19H28N4O4S. The zero-order chi connectivity index (χ0) is 20.1. The number of sulfonamides is 1. The zero-order valence-electron chi connectivity index (χ0n) is 16.4. The number of hydrogen-bond donors (Lipinski definition) is 1. The third-order valence-electron chi connectivity index (χ3n) is 5.07. The van der Waals surface area contributed by atoms with Crippen molar-refractivity contribution in [2.45, 2.75) is 50.7 Å². The lowest BCUT2D eigenvalue weighted by molar-refractivity contribution is -0.121. The van der Waals surface area contributed by atoms with Gasteiger partial charge >= 0.3 is 0 Å². The van der Waals surface area contributed by atoms with Crippen molar-refractivity contribution in [1.82, 2.24) is 19.2 Å². The van der Waals surface area contributed by atoms with E-state index in [1.165, 1.54) is 4.31 Å². The van der Waals surface area contributed by atoms with Crippen LogP contribution in [0.15, 0.2) is 29.4 Å². The van der Waals surface area contributed by atoms with Gasteiger partial charge in [0.15, 0.2) is 0 Å². The monoisotopic (exact) mass is 408 g/mol. The number of benzene rings is 1. The molecule has 1 aromatic carbocycles. The predicted octanol–water partition coefficient (Wildman–Crippen LogP) is 1.75. The summed E-state index contributed by atoms with van der Waals surface area (Å²) < 4.78 is 34.1. The molecule has 8 nitrogen and oxygen atoms in total. The van der Waals surface area contributed by atoms with E-state index in [0.29, 0.717) is 38.1 Å². The smallest absolute Gasteiger partial charge is 0.243 e. The number of hydrogen-bond acceptors (Lipinski definition) is 5. The Balaban J connectivity index is 1.64. The molecule has 1 aliphatic rings. The summed E-state index contributed by atoms with van der Waals surface area (Å²) in [5.74, 6) is -0.0296. The van der Waals surface area contributed by atoms with Gasteiger partial charge in [0, 0.05) is 39.2 Å². The second-order valence-corrected chi connectivity index (χ2v) is 8.80. The minimum Gasteiger partial charge on any atom is -0.376 e. The van der Waals surface area contributed by atoms with Crippen LogP contribution in [0.5, 0.6) is 0 Å². The molecule has 1 fully saturated rings. The maximum Gasteiger partial charge on any atom is 0.243 e. The number of nitrogens with one attached hydrogen (secondary N) is 1. The van der Waals surface area contributed by atoms with Crippen molar-refractivity contribution in [1.29, 1.82) is 0 Å². The zero-order valence-corrected chi connectivity index (χ0v) is 17.2. The van der Waals surface area contributed by atoms with E-state index in [1.54, 1.807) is 24.5 Å². The number of carbonyl (C=O) groups excluding carboxylic acids is 1. The van der Waals surface area contributed by atoms with Crippen molar-refractivity contribution in [3.63, 3.8) is 0 Å². The molecule has 28 heavy (non-hydrogen) atoms. The third-order valence-corrected chi connectivity index (χ3v) is 7.11. The molecule has 1 amide bonds. The molecule has 0 spiro atoms. The molecule has 0 radical (unpaired) electrons. The topological polar surface area (TPSA) is 93.5 Å². The highest BCUT2D eigenvalue weighted by Gasteiger charge is 2.22. The van der Waals surface area contributed by atoms with Gasteiger partial charge in [-0.25, -0.2) is 13.4 Å². The summed E-state index contributed by atoms with van der Waals surface area (Å²) in [5, 5.41) is 2.91. The Hall–Kier alpha value is -1.97. The number of nitrogens with zero attached hydrogens (tertiary/aromatic N) is 3. The molecule has 9 heteroatoms. The molecule has 1 saturated heterocycles. The highest BCUT2D eigenvalue weighted by atomic mass is 32.2. The van der Waals surface area contributed by atoms with Crippen LogP contribution in [-0.2, 0) is 26.1 Å². The summed E-state index contributed by atoms with van der Waals surface area (Å²) in [5.41, 5.74) is 1.42. The number of amides is 1. The minimum absolute atomic E-state index is 0.0296. The maximum absolute atomic E-state index is 12.7. The van der Waals surface area contributed by atoms with Crippen LogP contribution in [0, 0.1) is 0 Å². The van der Waals surface area contributed by atoms with Gasteiger partial charge in [0.25, 0.3) is 0 Å². The highest BCUT2D eigenvalue weighted by Crippen LogP contribution is 2.21. The average Bonchev–Trinajstić information content (AvgIpc) is 3.34. The molecule has 0 saturated carbocycles. The van der Waals surface area contributed by atoms with Gasteiger partial charge < -0.3 is 14.6 Å². The molecule has 1 atom stereocenters. The molecule has 1 N–H and O–H groups in total. The van der Waals surface area contributed by atoms with Crippen molar-refractivity contribution >= 4 is 27.0 Å². The lowest BCUT2D eigenvalue weighted by Gasteiger charge is -2.18. The van der Waals surface area contributed by atoms with Crippen LogP contribution in [-0.4, -0.2) is 60.5 Å². The molecule has 0 aliphatic carbocycles. The maximum atomic E-state index is 12.7.